The fraction of sp³-hybridized carbons (Fsp3) is 0.421. The lowest BCUT2D eigenvalue weighted by Gasteiger charge is -2.29. The van der Waals surface area contributed by atoms with Gasteiger partial charge in [0.1, 0.15) is 17.3 Å². The average molecular weight is 453 g/mol. The molecule has 6 N–H and O–H groups in total. The van der Waals surface area contributed by atoms with E-state index in [0.717, 1.165) is 19.2 Å². The van der Waals surface area contributed by atoms with Crippen LogP contribution in [-0.2, 0) is 16.1 Å². The van der Waals surface area contributed by atoms with E-state index >= 15 is 0 Å². The van der Waals surface area contributed by atoms with Crippen LogP contribution in [0.1, 0.15) is 23.7 Å². The van der Waals surface area contributed by atoms with Gasteiger partial charge in [0, 0.05) is 38.9 Å². The molecule has 3 rings (SSSR count). The van der Waals surface area contributed by atoms with Gasteiger partial charge in [-0.25, -0.2) is 14.2 Å². The maximum atomic E-state index is 14.4. The zero-order valence-corrected chi connectivity index (χ0v) is 17.2. The molecule has 2 aromatic heterocycles. The van der Waals surface area contributed by atoms with E-state index in [1.54, 1.807) is 4.57 Å². The van der Waals surface area contributed by atoms with Crippen molar-refractivity contribution in [1.82, 2.24) is 14.9 Å². The number of hydrogen-bond acceptors (Lipinski definition) is 8. The van der Waals surface area contributed by atoms with Crippen molar-refractivity contribution in [3.8, 4) is 0 Å². The number of pyridine rings is 2. The molecule has 1 aliphatic heterocycles. The summed E-state index contributed by atoms with van der Waals surface area (Å²) >= 11 is 0. The maximum Gasteiger partial charge on any atom is 0.341 e. The molecule has 1 atom stereocenters. The first-order valence-corrected chi connectivity index (χ1v) is 9.69. The van der Waals surface area contributed by atoms with Crippen LogP contribution in [-0.4, -0.2) is 75.0 Å². The first-order valence-electron chi connectivity index (χ1n) is 9.69. The Bertz CT molecular complexity index is 1080. The van der Waals surface area contributed by atoms with E-state index in [1.807, 2.05) is 11.8 Å². The van der Waals surface area contributed by atoms with Gasteiger partial charge in [-0.1, -0.05) is 0 Å². The lowest BCUT2D eigenvalue weighted by molar-refractivity contribution is -0.144. The number of carbonyl (C=O) groups is 3. The molecule has 0 spiro atoms. The maximum absolute atomic E-state index is 14.4. The second kappa shape index (κ2) is 10.6. The zero-order valence-electron chi connectivity index (χ0n) is 17.2. The van der Waals surface area contributed by atoms with Gasteiger partial charge < -0.3 is 35.8 Å². The van der Waals surface area contributed by atoms with E-state index in [1.165, 1.54) is 6.20 Å². The van der Waals surface area contributed by atoms with E-state index in [4.69, 9.17) is 21.1 Å². The molecule has 32 heavy (non-hydrogen) atoms. The van der Waals surface area contributed by atoms with Crippen LogP contribution < -0.4 is 21.4 Å². The molecule has 3 heterocycles. The number of aryl methyl sites for hydroxylation is 1. The van der Waals surface area contributed by atoms with Crippen LogP contribution in [0.5, 0.6) is 0 Å². The Morgan fingerprint density at radius 1 is 1.25 bits per heavy atom. The monoisotopic (exact) mass is 453 g/mol. The lowest BCUT2D eigenvalue weighted by Crippen LogP contribution is -2.44. The summed E-state index contributed by atoms with van der Waals surface area (Å²) in [5, 5.41) is 28.3. The van der Waals surface area contributed by atoms with Crippen LogP contribution in [0, 0.1) is 5.82 Å². The van der Waals surface area contributed by atoms with Gasteiger partial charge in [-0.05, 0) is 13.0 Å². The number of aromatic carboxylic acids is 1. The summed E-state index contributed by atoms with van der Waals surface area (Å²) in [6.07, 6.45) is 0.731. The molecule has 0 saturated carbocycles. The Balaban J connectivity index is 0.000000344. The molecule has 1 aliphatic rings. The lowest BCUT2D eigenvalue weighted by atomic mass is 10.2. The summed E-state index contributed by atoms with van der Waals surface area (Å²) in [6.45, 7) is 4.95. The second-order valence-corrected chi connectivity index (χ2v) is 6.91. The third-order valence-corrected chi connectivity index (χ3v) is 4.68. The van der Waals surface area contributed by atoms with Gasteiger partial charge in [0.2, 0.25) is 5.43 Å². The van der Waals surface area contributed by atoms with Gasteiger partial charge in [0.25, 0.3) is 0 Å². The number of aromatic nitrogens is 2. The quantitative estimate of drug-likeness (QED) is 0.380. The molecule has 2 aromatic rings. The van der Waals surface area contributed by atoms with E-state index < -0.39 is 41.6 Å². The van der Waals surface area contributed by atoms with E-state index in [-0.39, 0.29) is 16.8 Å². The first kappa shape index (κ1) is 24.7. The smallest absolute Gasteiger partial charge is 0.341 e. The third kappa shape index (κ3) is 5.76. The molecular weight excluding hydrogens is 429 g/mol. The number of carboxylic acid groups (broad SMARTS) is 3. The molecular formula is C19H24FN5O7. The fourth-order valence-corrected chi connectivity index (χ4v) is 3.04. The van der Waals surface area contributed by atoms with Crippen LogP contribution in [0.2, 0.25) is 0 Å². The van der Waals surface area contributed by atoms with Crippen LogP contribution in [0.25, 0.3) is 11.0 Å². The standard InChI is InChI=1S/C15H17FN4O3.C4H7NO4/c1-2-19-8-10(15(22)23)12(21)9-7-11(16)14(18-13(9)19)20-5-3-17-4-6-20;5-2(4(8)9)1-3(6)7/h7-8,17H,2-6H2,1H3,(H,22,23);2H,1,5H2,(H,6,7)(H,8,9). The van der Waals surface area contributed by atoms with Crippen LogP contribution in [0.15, 0.2) is 17.1 Å². The first-order chi connectivity index (χ1) is 15.1. The minimum atomic E-state index is -1.33. The second-order valence-electron chi connectivity index (χ2n) is 6.91. The number of fused-ring (bicyclic) bond motifs is 1. The number of rotatable bonds is 6. The van der Waals surface area contributed by atoms with Gasteiger partial charge in [-0.2, -0.15) is 0 Å². The number of anilines is 1. The molecule has 1 saturated heterocycles. The summed E-state index contributed by atoms with van der Waals surface area (Å²) in [7, 11) is 0. The van der Waals surface area contributed by atoms with Gasteiger partial charge >= 0.3 is 17.9 Å². The topological polar surface area (TPSA) is 188 Å². The van der Waals surface area contributed by atoms with Crippen LogP contribution >= 0.6 is 0 Å². The Morgan fingerprint density at radius 2 is 1.88 bits per heavy atom. The van der Waals surface area contributed by atoms with Crippen molar-refractivity contribution < 1.29 is 34.1 Å². The summed E-state index contributed by atoms with van der Waals surface area (Å²) < 4.78 is 16.0. The molecule has 0 bridgehead atoms. The highest BCUT2D eigenvalue weighted by Crippen LogP contribution is 2.21. The third-order valence-electron chi connectivity index (χ3n) is 4.68. The molecule has 13 heteroatoms. The molecule has 0 amide bonds. The zero-order chi connectivity index (χ0) is 24.0. The molecule has 0 aromatic carbocycles. The Kier molecular flexibility index (Phi) is 8.21. The van der Waals surface area contributed by atoms with Gasteiger partial charge in [0.05, 0.1) is 11.8 Å². The molecule has 12 nitrogen and oxygen atoms in total. The minimum Gasteiger partial charge on any atom is -0.481 e. The fourth-order valence-electron chi connectivity index (χ4n) is 3.04. The highest BCUT2D eigenvalue weighted by Gasteiger charge is 2.21. The van der Waals surface area contributed by atoms with Crippen molar-refractivity contribution in [2.75, 3.05) is 31.1 Å². The molecule has 174 valence electrons. The molecule has 0 aliphatic carbocycles. The van der Waals surface area contributed by atoms with E-state index in [0.29, 0.717) is 25.3 Å². The van der Waals surface area contributed by atoms with Gasteiger partial charge in [-0.15, -0.1) is 0 Å². The van der Waals surface area contributed by atoms with Crippen molar-refractivity contribution in [1.29, 1.82) is 0 Å². The number of nitrogens with two attached hydrogens (primary N) is 1. The number of nitrogens with one attached hydrogen (secondary N) is 1. The number of aliphatic carboxylic acids is 2. The highest BCUT2D eigenvalue weighted by molar-refractivity contribution is 5.92. The van der Waals surface area contributed by atoms with Crippen molar-refractivity contribution in [2.24, 2.45) is 5.73 Å². The van der Waals surface area contributed by atoms with Crippen molar-refractivity contribution >= 4 is 34.8 Å². The van der Waals surface area contributed by atoms with E-state index in [2.05, 4.69) is 10.3 Å². The van der Waals surface area contributed by atoms with Gasteiger partial charge in [0.15, 0.2) is 11.6 Å². The highest BCUT2D eigenvalue weighted by atomic mass is 19.1. The number of piperazine rings is 1. The molecule has 1 fully saturated rings. The van der Waals surface area contributed by atoms with Crippen molar-refractivity contribution in [3.63, 3.8) is 0 Å². The largest absolute Gasteiger partial charge is 0.481 e. The van der Waals surface area contributed by atoms with Gasteiger partial charge in [-0.3, -0.25) is 14.4 Å². The normalized spacial score (nSPS) is 14.4. The van der Waals surface area contributed by atoms with Crippen molar-refractivity contribution in [2.45, 2.75) is 25.9 Å². The Labute approximate surface area is 181 Å². The number of halogens is 1. The van der Waals surface area contributed by atoms with Crippen LogP contribution in [0.3, 0.4) is 0 Å². The average Bonchev–Trinajstić information content (AvgIpc) is 2.74. The minimum absolute atomic E-state index is 0.0110. The summed E-state index contributed by atoms with van der Waals surface area (Å²) in [4.78, 5) is 49.2. The summed E-state index contributed by atoms with van der Waals surface area (Å²) in [5.41, 5.74) is 4.05. The summed E-state index contributed by atoms with van der Waals surface area (Å²) in [5.74, 6) is -4.24. The Morgan fingerprint density at radius 3 is 2.34 bits per heavy atom. The van der Waals surface area contributed by atoms with Crippen LogP contribution in [0.4, 0.5) is 10.2 Å². The predicted molar refractivity (Wildman–Crippen MR) is 112 cm³/mol. The number of nitrogens with zero attached hydrogens (tertiary/aromatic N) is 3. The molecule has 0 radical (unpaired) electrons. The molecule has 1 unspecified atom stereocenters. The summed E-state index contributed by atoms with van der Waals surface area (Å²) in [6, 6.07) is -0.192. The Hall–Kier alpha value is -3.58. The predicted octanol–water partition coefficient (Wildman–Crippen LogP) is -0.464. The number of carboxylic acids is 3. The van der Waals surface area contributed by atoms with E-state index in [9.17, 15) is 23.6 Å². The van der Waals surface area contributed by atoms with Crippen molar-refractivity contribution in [3.05, 3.63) is 33.9 Å². The SMILES string of the molecule is CCn1cc(C(=O)O)c(=O)c2cc(F)c(N3CCNCC3)nc21.NC(CC(=O)O)C(=O)O. The number of hydrogen-bond donors (Lipinski definition) is 5.